The summed E-state index contributed by atoms with van der Waals surface area (Å²) in [6, 6.07) is 0. The predicted molar refractivity (Wildman–Crippen MR) is 58.5 cm³/mol. The molecule has 1 heteroatoms. The Labute approximate surface area is 82.9 Å². The molecule has 0 bridgehead atoms. The molecule has 1 saturated carbocycles. The maximum Gasteiger partial charge on any atom is 0.139 e. The normalized spacial score (nSPS) is 21.2. The van der Waals surface area contributed by atoms with E-state index < -0.39 is 0 Å². The zero-order chi connectivity index (χ0) is 9.68. The van der Waals surface area contributed by atoms with Gasteiger partial charge >= 0.3 is 0 Å². The lowest BCUT2D eigenvalue weighted by Gasteiger charge is -2.26. The summed E-state index contributed by atoms with van der Waals surface area (Å²) in [5.41, 5.74) is 0. The SMILES string of the molecule is CC(CC=[N+](C)C)C1CCCCC1. The number of rotatable bonds is 3. The fraction of sp³-hybridized carbons (Fsp3) is 0.917. The lowest BCUT2D eigenvalue weighted by Crippen LogP contribution is -2.16. The van der Waals surface area contributed by atoms with Crippen molar-refractivity contribution < 1.29 is 4.58 Å². The molecule has 0 aromatic heterocycles. The molecule has 0 aromatic carbocycles. The number of hydrogen-bond donors (Lipinski definition) is 0. The van der Waals surface area contributed by atoms with Crippen LogP contribution >= 0.6 is 0 Å². The van der Waals surface area contributed by atoms with Crippen LogP contribution in [-0.2, 0) is 0 Å². The average Bonchev–Trinajstić information content (AvgIpc) is 2.15. The van der Waals surface area contributed by atoms with Gasteiger partial charge in [0, 0.05) is 6.42 Å². The van der Waals surface area contributed by atoms with Crippen molar-refractivity contribution >= 4 is 6.21 Å². The minimum Gasteiger partial charge on any atom is -0.245 e. The van der Waals surface area contributed by atoms with Gasteiger partial charge in [0.1, 0.15) is 20.3 Å². The van der Waals surface area contributed by atoms with Crippen molar-refractivity contribution in [3.63, 3.8) is 0 Å². The van der Waals surface area contributed by atoms with Gasteiger partial charge in [0.15, 0.2) is 0 Å². The Bertz CT molecular complexity index is 162. The molecule has 0 heterocycles. The Morgan fingerprint density at radius 1 is 1.23 bits per heavy atom. The molecule has 1 nitrogen and oxygen atoms in total. The van der Waals surface area contributed by atoms with Crippen molar-refractivity contribution in [3.8, 4) is 0 Å². The zero-order valence-electron chi connectivity index (χ0n) is 9.42. The van der Waals surface area contributed by atoms with Crippen molar-refractivity contribution in [2.45, 2.75) is 45.4 Å². The van der Waals surface area contributed by atoms with Gasteiger partial charge in [0.05, 0.1) is 0 Å². The first-order valence-electron chi connectivity index (χ1n) is 5.70. The molecular weight excluding hydrogens is 158 g/mol. The Hall–Kier alpha value is -0.330. The van der Waals surface area contributed by atoms with Gasteiger partial charge in [-0.1, -0.05) is 39.0 Å². The van der Waals surface area contributed by atoms with Crippen LogP contribution in [0.5, 0.6) is 0 Å². The van der Waals surface area contributed by atoms with Crippen LogP contribution in [0.4, 0.5) is 0 Å². The molecule has 1 rings (SSSR count). The molecule has 0 spiro atoms. The van der Waals surface area contributed by atoms with Crippen molar-refractivity contribution in [1.29, 1.82) is 0 Å². The Kier molecular flexibility index (Phi) is 4.47. The Morgan fingerprint density at radius 2 is 1.85 bits per heavy atom. The lowest BCUT2D eigenvalue weighted by atomic mass is 9.80. The van der Waals surface area contributed by atoms with Crippen LogP contribution in [0.3, 0.4) is 0 Å². The van der Waals surface area contributed by atoms with E-state index in [-0.39, 0.29) is 0 Å². The summed E-state index contributed by atoms with van der Waals surface area (Å²) < 4.78 is 2.18. The molecular formula is C12H24N+. The molecule has 0 amide bonds. The predicted octanol–water partition coefficient (Wildman–Crippen LogP) is 2.94. The van der Waals surface area contributed by atoms with Crippen LogP contribution in [0, 0.1) is 11.8 Å². The highest BCUT2D eigenvalue weighted by molar-refractivity contribution is 5.51. The summed E-state index contributed by atoms with van der Waals surface area (Å²) in [5.74, 6) is 1.90. The molecule has 76 valence electrons. The van der Waals surface area contributed by atoms with Gasteiger partial charge in [0.25, 0.3) is 0 Å². The van der Waals surface area contributed by atoms with E-state index >= 15 is 0 Å². The fourth-order valence-corrected chi connectivity index (χ4v) is 2.27. The maximum absolute atomic E-state index is 2.41. The van der Waals surface area contributed by atoms with Crippen LogP contribution < -0.4 is 0 Å². The molecule has 1 atom stereocenters. The minimum absolute atomic E-state index is 0.891. The first-order chi connectivity index (χ1) is 6.20. The van der Waals surface area contributed by atoms with E-state index in [4.69, 9.17) is 0 Å². The van der Waals surface area contributed by atoms with Crippen LogP contribution in [0.15, 0.2) is 0 Å². The van der Waals surface area contributed by atoms with Gasteiger partial charge in [-0.25, -0.2) is 4.58 Å². The Morgan fingerprint density at radius 3 is 2.38 bits per heavy atom. The van der Waals surface area contributed by atoms with Crippen molar-refractivity contribution in [3.05, 3.63) is 0 Å². The van der Waals surface area contributed by atoms with Crippen LogP contribution in [0.2, 0.25) is 0 Å². The Balaban J connectivity index is 2.28. The molecule has 1 fully saturated rings. The van der Waals surface area contributed by atoms with Gasteiger partial charge in [-0.2, -0.15) is 0 Å². The van der Waals surface area contributed by atoms with Crippen LogP contribution in [0.25, 0.3) is 0 Å². The van der Waals surface area contributed by atoms with Crippen molar-refractivity contribution in [2.75, 3.05) is 14.1 Å². The van der Waals surface area contributed by atoms with Crippen LogP contribution in [-0.4, -0.2) is 24.9 Å². The average molecular weight is 182 g/mol. The molecule has 1 unspecified atom stereocenters. The summed E-state index contributed by atoms with van der Waals surface area (Å²) in [6.45, 7) is 2.41. The van der Waals surface area contributed by atoms with E-state index in [2.05, 4.69) is 31.8 Å². The quantitative estimate of drug-likeness (QED) is 0.466. The molecule has 0 aliphatic heterocycles. The van der Waals surface area contributed by atoms with Crippen LogP contribution in [0.1, 0.15) is 45.4 Å². The first-order valence-corrected chi connectivity index (χ1v) is 5.70. The van der Waals surface area contributed by atoms with E-state index in [9.17, 15) is 0 Å². The van der Waals surface area contributed by atoms with E-state index in [0.717, 1.165) is 11.8 Å². The fourth-order valence-electron chi connectivity index (χ4n) is 2.27. The number of nitrogens with zero attached hydrogens (tertiary/aromatic N) is 1. The van der Waals surface area contributed by atoms with E-state index in [1.807, 2.05) is 0 Å². The summed E-state index contributed by atoms with van der Waals surface area (Å²) in [4.78, 5) is 0. The molecule has 0 saturated heterocycles. The van der Waals surface area contributed by atoms with Crippen molar-refractivity contribution in [1.82, 2.24) is 0 Å². The van der Waals surface area contributed by atoms with Gasteiger partial charge in [-0.3, -0.25) is 0 Å². The lowest BCUT2D eigenvalue weighted by molar-refractivity contribution is -0.460. The topological polar surface area (TPSA) is 3.01 Å². The molecule has 13 heavy (non-hydrogen) atoms. The summed E-state index contributed by atoms with van der Waals surface area (Å²) >= 11 is 0. The van der Waals surface area contributed by atoms with E-state index in [1.165, 1.54) is 38.5 Å². The molecule has 1 aliphatic rings. The summed E-state index contributed by atoms with van der Waals surface area (Å²) in [6.07, 6.45) is 10.9. The first kappa shape index (κ1) is 10.7. The van der Waals surface area contributed by atoms with Crippen molar-refractivity contribution in [2.24, 2.45) is 11.8 Å². The minimum atomic E-state index is 0.891. The zero-order valence-corrected chi connectivity index (χ0v) is 9.42. The highest BCUT2D eigenvalue weighted by Crippen LogP contribution is 2.30. The second kappa shape index (κ2) is 5.41. The third kappa shape index (κ3) is 3.93. The monoisotopic (exact) mass is 182 g/mol. The number of hydrogen-bond acceptors (Lipinski definition) is 0. The smallest absolute Gasteiger partial charge is 0.139 e. The van der Waals surface area contributed by atoms with E-state index in [0.29, 0.717) is 0 Å². The van der Waals surface area contributed by atoms with Gasteiger partial charge in [-0.05, 0) is 11.8 Å². The summed E-state index contributed by atoms with van der Waals surface area (Å²) in [5, 5.41) is 0. The van der Waals surface area contributed by atoms with Gasteiger partial charge in [-0.15, -0.1) is 0 Å². The largest absolute Gasteiger partial charge is 0.245 e. The second-order valence-electron chi connectivity index (χ2n) is 4.76. The second-order valence-corrected chi connectivity index (χ2v) is 4.76. The molecule has 0 radical (unpaired) electrons. The standard InChI is InChI=1S/C12H24N/c1-11(9-10-13(2)3)12-7-5-4-6-8-12/h10-12H,4-9H2,1-3H3/q+1. The molecule has 0 aromatic rings. The van der Waals surface area contributed by atoms with E-state index in [1.54, 1.807) is 0 Å². The molecule has 0 N–H and O–H groups in total. The van der Waals surface area contributed by atoms with Gasteiger partial charge < -0.3 is 0 Å². The third-order valence-corrected chi connectivity index (χ3v) is 3.30. The highest BCUT2D eigenvalue weighted by Gasteiger charge is 2.19. The highest BCUT2D eigenvalue weighted by atomic mass is 14.9. The summed E-state index contributed by atoms with van der Waals surface area (Å²) in [7, 11) is 4.24. The maximum atomic E-state index is 2.41. The van der Waals surface area contributed by atoms with Gasteiger partial charge in [0.2, 0.25) is 0 Å². The molecule has 1 aliphatic carbocycles. The third-order valence-electron chi connectivity index (χ3n) is 3.30.